The van der Waals surface area contributed by atoms with E-state index in [-0.39, 0.29) is 22.0 Å². The van der Waals surface area contributed by atoms with Crippen molar-refractivity contribution in [2.45, 2.75) is 36.5 Å². The van der Waals surface area contributed by atoms with Crippen molar-refractivity contribution in [1.29, 1.82) is 0 Å². The maximum atomic E-state index is 12.8. The standard InChI is InChI=1S/C24H25N5O4S2/c1-29-11-9-17-12-19(6-7-20(17)29)35(32,33)26-14-15-2-4-16(5-3-15)22-25-10-8-18(27-22)13-21-23(30)28-24(31)34-21/h6-13,15-16,26H,2-5,14H2,1H3,(H,28,30,31). The number of fused-ring (bicyclic) bond motifs is 1. The number of carbonyl (C=O) groups is 2. The van der Waals surface area contributed by atoms with Gasteiger partial charge in [0.05, 0.1) is 15.5 Å². The Kier molecular flexibility index (Phi) is 6.47. The second-order valence-electron chi connectivity index (χ2n) is 8.91. The summed E-state index contributed by atoms with van der Waals surface area (Å²) in [6.45, 7) is 0.398. The lowest BCUT2D eigenvalue weighted by atomic mass is 9.81. The van der Waals surface area contributed by atoms with Gasteiger partial charge in [0.1, 0.15) is 5.82 Å². The number of sulfonamides is 1. The van der Waals surface area contributed by atoms with Gasteiger partial charge in [0.15, 0.2) is 0 Å². The molecule has 2 N–H and O–H groups in total. The van der Waals surface area contributed by atoms with Crippen molar-refractivity contribution in [3.05, 3.63) is 59.1 Å². The van der Waals surface area contributed by atoms with Crippen LogP contribution in [0.2, 0.25) is 0 Å². The van der Waals surface area contributed by atoms with Crippen LogP contribution in [0.4, 0.5) is 4.79 Å². The molecule has 2 aliphatic rings. The van der Waals surface area contributed by atoms with Gasteiger partial charge in [0.25, 0.3) is 11.1 Å². The van der Waals surface area contributed by atoms with Crippen LogP contribution in [0.3, 0.4) is 0 Å². The Labute approximate surface area is 207 Å². The predicted octanol–water partition coefficient (Wildman–Crippen LogP) is 3.54. The van der Waals surface area contributed by atoms with Gasteiger partial charge in [-0.15, -0.1) is 0 Å². The molecule has 2 amide bonds. The zero-order chi connectivity index (χ0) is 24.6. The number of carbonyl (C=O) groups excluding carboxylic acids is 2. The number of amides is 2. The van der Waals surface area contributed by atoms with Gasteiger partial charge in [-0.3, -0.25) is 14.9 Å². The van der Waals surface area contributed by atoms with E-state index in [2.05, 4.69) is 20.0 Å². The van der Waals surface area contributed by atoms with Crippen molar-refractivity contribution < 1.29 is 18.0 Å². The smallest absolute Gasteiger partial charge is 0.290 e. The molecule has 2 aromatic heterocycles. The number of hydrogen-bond donors (Lipinski definition) is 2. The lowest BCUT2D eigenvalue weighted by Crippen LogP contribution is -2.31. The molecular weight excluding hydrogens is 486 g/mol. The highest BCUT2D eigenvalue weighted by atomic mass is 32.2. The Morgan fingerprint density at radius 2 is 1.97 bits per heavy atom. The van der Waals surface area contributed by atoms with E-state index in [1.807, 2.05) is 29.9 Å². The fourth-order valence-electron chi connectivity index (χ4n) is 4.58. The second-order valence-corrected chi connectivity index (χ2v) is 11.7. The van der Waals surface area contributed by atoms with E-state index in [9.17, 15) is 18.0 Å². The first-order chi connectivity index (χ1) is 16.8. The van der Waals surface area contributed by atoms with E-state index in [0.29, 0.717) is 23.0 Å². The van der Waals surface area contributed by atoms with Gasteiger partial charge in [-0.05, 0) is 79.8 Å². The zero-order valence-corrected chi connectivity index (χ0v) is 20.7. The number of benzene rings is 1. The predicted molar refractivity (Wildman–Crippen MR) is 134 cm³/mol. The summed E-state index contributed by atoms with van der Waals surface area (Å²) in [7, 11) is -1.65. The largest absolute Gasteiger partial charge is 0.351 e. The maximum Gasteiger partial charge on any atom is 0.290 e. The van der Waals surface area contributed by atoms with Gasteiger partial charge in [0, 0.05) is 42.8 Å². The molecule has 182 valence electrons. The van der Waals surface area contributed by atoms with Crippen molar-refractivity contribution in [3.8, 4) is 0 Å². The molecule has 35 heavy (non-hydrogen) atoms. The number of rotatable bonds is 6. The molecular formula is C24H25N5O4S2. The number of nitrogens with one attached hydrogen (secondary N) is 2. The van der Waals surface area contributed by atoms with Gasteiger partial charge >= 0.3 is 0 Å². The first-order valence-corrected chi connectivity index (χ1v) is 13.7. The van der Waals surface area contributed by atoms with Crippen LogP contribution in [-0.4, -0.2) is 40.6 Å². The van der Waals surface area contributed by atoms with Crippen molar-refractivity contribution in [2.24, 2.45) is 13.0 Å². The molecule has 3 heterocycles. The third-order valence-corrected chi connectivity index (χ3v) is 8.79. The summed E-state index contributed by atoms with van der Waals surface area (Å²) < 4.78 is 30.4. The third kappa shape index (κ3) is 5.16. The van der Waals surface area contributed by atoms with E-state index >= 15 is 0 Å². The van der Waals surface area contributed by atoms with Crippen LogP contribution in [0.1, 0.15) is 43.1 Å². The number of nitrogens with zero attached hydrogens (tertiary/aromatic N) is 3. The summed E-state index contributed by atoms with van der Waals surface area (Å²) in [4.78, 5) is 32.8. The van der Waals surface area contributed by atoms with Crippen molar-refractivity contribution in [2.75, 3.05) is 6.54 Å². The third-order valence-electron chi connectivity index (χ3n) is 6.56. The zero-order valence-electron chi connectivity index (χ0n) is 19.1. The number of thioether (sulfide) groups is 1. The lowest BCUT2D eigenvalue weighted by Gasteiger charge is -2.27. The monoisotopic (exact) mass is 511 g/mol. The fraction of sp³-hybridized carbons (Fsp3) is 0.333. The van der Waals surface area contributed by atoms with E-state index in [0.717, 1.165) is 48.3 Å². The fourth-order valence-corrected chi connectivity index (χ4v) is 6.40. The summed E-state index contributed by atoms with van der Waals surface area (Å²) in [5.74, 6) is 0.723. The summed E-state index contributed by atoms with van der Waals surface area (Å²) in [5, 5.41) is 2.75. The highest BCUT2D eigenvalue weighted by Crippen LogP contribution is 2.34. The van der Waals surface area contributed by atoms with Crippen LogP contribution in [-0.2, 0) is 21.9 Å². The first-order valence-electron chi connectivity index (χ1n) is 11.4. The molecule has 1 saturated carbocycles. The molecule has 9 nitrogen and oxygen atoms in total. The molecule has 1 aromatic carbocycles. The van der Waals surface area contributed by atoms with Crippen molar-refractivity contribution in [3.63, 3.8) is 0 Å². The average Bonchev–Trinajstić information content (AvgIpc) is 3.38. The molecule has 0 spiro atoms. The quantitative estimate of drug-likeness (QED) is 0.485. The molecule has 11 heteroatoms. The number of aryl methyl sites for hydroxylation is 1. The summed E-state index contributed by atoms with van der Waals surface area (Å²) in [6, 6.07) is 8.79. The van der Waals surface area contributed by atoms with E-state index in [4.69, 9.17) is 0 Å². The van der Waals surface area contributed by atoms with Crippen LogP contribution in [0.5, 0.6) is 0 Å². The molecule has 1 aliphatic heterocycles. The SMILES string of the molecule is Cn1ccc2cc(S(=O)(=O)NCC3CCC(c4nccc(C=C5SC(=O)NC5=O)n4)CC3)ccc21. The van der Waals surface area contributed by atoms with Crippen LogP contribution in [0.15, 0.2) is 52.5 Å². The molecule has 0 bridgehead atoms. The number of imide groups is 1. The maximum absolute atomic E-state index is 12.8. The Bertz CT molecular complexity index is 1440. The topological polar surface area (TPSA) is 123 Å². The van der Waals surface area contributed by atoms with E-state index in [1.165, 1.54) is 0 Å². The van der Waals surface area contributed by atoms with Gasteiger partial charge in [-0.25, -0.2) is 23.1 Å². The molecule has 0 unspecified atom stereocenters. The van der Waals surface area contributed by atoms with Gasteiger partial charge in [-0.2, -0.15) is 0 Å². The van der Waals surface area contributed by atoms with Crippen molar-refractivity contribution in [1.82, 2.24) is 24.6 Å². The van der Waals surface area contributed by atoms with Crippen LogP contribution >= 0.6 is 11.8 Å². The highest BCUT2D eigenvalue weighted by molar-refractivity contribution is 8.18. The van der Waals surface area contributed by atoms with Gasteiger partial charge < -0.3 is 4.57 Å². The Morgan fingerprint density at radius 3 is 2.71 bits per heavy atom. The second kappa shape index (κ2) is 9.56. The molecule has 3 aromatic rings. The van der Waals surface area contributed by atoms with Crippen LogP contribution < -0.4 is 10.0 Å². The average molecular weight is 512 g/mol. The molecule has 5 rings (SSSR count). The van der Waals surface area contributed by atoms with Gasteiger partial charge in [-0.1, -0.05) is 0 Å². The molecule has 0 atom stereocenters. The molecule has 2 fully saturated rings. The van der Waals surface area contributed by atoms with Gasteiger partial charge in [0.2, 0.25) is 10.0 Å². The Balaban J connectivity index is 1.18. The number of hydrogen-bond acceptors (Lipinski definition) is 7. The lowest BCUT2D eigenvalue weighted by molar-refractivity contribution is -0.115. The Hall–Kier alpha value is -3.02. The summed E-state index contributed by atoms with van der Waals surface area (Å²) in [5.41, 5.74) is 1.58. The minimum absolute atomic E-state index is 0.174. The van der Waals surface area contributed by atoms with Crippen LogP contribution in [0.25, 0.3) is 17.0 Å². The number of aromatic nitrogens is 3. The van der Waals surface area contributed by atoms with Crippen LogP contribution in [0, 0.1) is 5.92 Å². The molecule has 1 saturated heterocycles. The van der Waals surface area contributed by atoms with E-state index < -0.39 is 15.9 Å². The Morgan fingerprint density at radius 1 is 1.17 bits per heavy atom. The minimum atomic E-state index is -3.58. The summed E-state index contributed by atoms with van der Waals surface area (Å²) >= 11 is 0.861. The first kappa shape index (κ1) is 23.7. The minimum Gasteiger partial charge on any atom is -0.351 e. The normalized spacial score (nSPS) is 22.1. The van der Waals surface area contributed by atoms with Crippen molar-refractivity contribution >= 4 is 49.9 Å². The van der Waals surface area contributed by atoms with E-state index in [1.54, 1.807) is 30.5 Å². The molecule has 1 aliphatic carbocycles. The highest BCUT2D eigenvalue weighted by Gasteiger charge is 2.27. The summed E-state index contributed by atoms with van der Waals surface area (Å²) in [6.07, 6.45) is 8.63. The molecule has 0 radical (unpaired) electrons.